The number of hydrogen-bond donors (Lipinski definition) is 3. The highest BCUT2D eigenvalue weighted by atomic mass is 16.5. The lowest BCUT2D eigenvalue weighted by Gasteiger charge is -2.23. The molecule has 16 heavy (non-hydrogen) atoms. The summed E-state index contributed by atoms with van der Waals surface area (Å²) in [5, 5.41) is 11.3. The average Bonchev–Trinajstić information content (AvgIpc) is 2.65. The molecule has 1 aliphatic rings. The summed E-state index contributed by atoms with van der Waals surface area (Å²) in [4.78, 5) is 22.6. The number of carboxylic acid groups (broad SMARTS) is 1. The first-order valence-electron chi connectivity index (χ1n) is 5.40. The van der Waals surface area contributed by atoms with Gasteiger partial charge in [0.15, 0.2) is 0 Å². The minimum atomic E-state index is -1.07. The van der Waals surface area contributed by atoms with Crippen molar-refractivity contribution in [1.29, 1.82) is 0 Å². The normalized spacial score (nSPS) is 26.4. The molecule has 0 aromatic heterocycles. The smallest absolute Gasteiger partial charge is 0.326 e. The van der Waals surface area contributed by atoms with Gasteiger partial charge in [-0.1, -0.05) is 13.3 Å². The van der Waals surface area contributed by atoms with Gasteiger partial charge in [-0.15, -0.1) is 0 Å². The van der Waals surface area contributed by atoms with Crippen LogP contribution in [0.3, 0.4) is 0 Å². The van der Waals surface area contributed by atoms with E-state index in [0.29, 0.717) is 25.9 Å². The summed E-state index contributed by atoms with van der Waals surface area (Å²) in [6.45, 7) is 2.45. The first kappa shape index (κ1) is 12.9. The van der Waals surface area contributed by atoms with E-state index in [0.717, 1.165) is 0 Å². The van der Waals surface area contributed by atoms with Crippen LogP contribution in [0, 0.1) is 0 Å². The number of ether oxygens (including phenoxy) is 1. The summed E-state index contributed by atoms with van der Waals surface area (Å²) in [7, 11) is 0. The SMILES string of the molecule is CCCC(NC(=O)C1(N)CCOC1)C(=O)O. The molecule has 6 nitrogen and oxygen atoms in total. The molecule has 4 N–H and O–H groups in total. The Morgan fingerprint density at radius 2 is 2.31 bits per heavy atom. The van der Waals surface area contributed by atoms with E-state index in [4.69, 9.17) is 15.6 Å². The number of nitrogens with two attached hydrogens (primary N) is 1. The summed E-state index contributed by atoms with van der Waals surface area (Å²) >= 11 is 0. The molecule has 0 saturated carbocycles. The summed E-state index contributed by atoms with van der Waals surface area (Å²) in [6, 6.07) is -0.862. The first-order chi connectivity index (χ1) is 7.49. The van der Waals surface area contributed by atoms with Crippen LogP contribution in [0.4, 0.5) is 0 Å². The third-order valence-corrected chi connectivity index (χ3v) is 2.69. The largest absolute Gasteiger partial charge is 0.480 e. The predicted octanol–water partition coefficient (Wildman–Crippen LogP) is -0.526. The number of nitrogens with one attached hydrogen (secondary N) is 1. The van der Waals surface area contributed by atoms with Gasteiger partial charge < -0.3 is 20.9 Å². The Morgan fingerprint density at radius 1 is 1.62 bits per heavy atom. The molecule has 0 spiro atoms. The number of carbonyl (C=O) groups is 2. The fourth-order valence-electron chi connectivity index (χ4n) is 1.61. The molecular formula is C10H18N2O4. The Labute approximate surface area is 94.1 Å². The van der Waals surface area contributed by atoms with Crippen molar-refractivity contribution in [3.63, 3.8) is 0 Å². The molecule has 2 unspecified atom stereocenters. The number of carbonyl (C=O) groups excluding carboxylic acids is 1. The lowest BCUT2D eigenvalue weighted by atomic mass is 9.98. The van der Waals surface area contributed by atoms with Crippen LogP contribution in [0.5, 0.6) is 0 Å². The van der Waals surface area contributed by atoms with Crippen molar-refractivity contribution >= 4 is 11.9 Å². The lowest BCUT2D eigenvalue weighted by molar-refractivity contribution is -0.143. The average molecular weight is 230 g/mol. The summed E-state index contributed by atoms with van der Waals surface area (Å²) < 4.78 is 5.05. The Morgan fingerprint density at radius 3 is 2.75 bits per heavy atom. The van der Waals surface area contributed by atoms with Crippen molar-refractivity contribution in [2.24, 2.45) is 5.73 Å². The fraction of sp³-hybridized carbons (Fsp3) is 0.800. The standard InChI is InChI=1S/C10H18N2O4/c1-2-3-7(8(13)14)12-9(15)10(11)4-5-16-6-10/h7H,2-6,11H2,1H3,(H,12,15)(H,13,14). The van der Waals surface area contributed by atoms with E-state index in [9.17, 15) is 9.59 Å². The molecular weight excluding hydrogens is 212 g/mol. The second kappa shape index (κ2) is 5.27. The maximum absolute atomic E-state index is 11.8. The van der Waals surface area contributed by atoms with Gasteiger partial charge in [0.25, 0.3) is 0 Å². The van der Waals surface area contributed by atoms with Gasteiger partial charge >= 0.3 is 5.97 Å². The molecule has 1 amide bonds. The van der Waals surface area contributed by atoms with E-state index in [1.54, 1.807) is 0 Å². The molecule has 1 fully saturated rings. The number of carboxylic acids is 1. The van der Waals surface area contributed by atoms with Crippen LogP contribution in [0.1, 0.15) is 26.2 Å². The van der Waals surface area contributed by atoms with E-state index in [1.165, 1.54) is 0 Å². The molecule has 1 heterocycles. The van der Waals surface area contributed by atoms with Crippen LogP contribution < -0.4 is 11.1 Å². The Kier molecular flexibility index (Phi) is 4.26. The molecule has 1 aliphatic heterocycles. The second-order valence-corrected chi connectivity index (χ2v) is 4.11. The van der Waals surface area contributed by atoms with E-state index in [2.05, 4.69) is 5.32 Å². The van der Waals surface area contributed by atoms with Crippen molar-refractivity contribution in [2.75, 3.05) is 13.2 Å². The van der Waals surface area contributed by atoms with Gasteiger partial charge in [0.1, 0.15) is 11.6 Å². The summed E-state index contributed by atoms with van der Waals surface area (Å²) in [5.74, 6) is -1.47. The monoisotopic (exact) mass is 230 g/mol. The zero-order valence-corrected chi connectivity index (χ0v) is 9.36. The van der Waals surface area contributed by atoms with Gasteiger partial charge in [0.2, 0.25) is 5.91 Å². The maximum atomic E-state index is 11.8. The van der Waals surface area contributed by atoms with Gasteiger partial charge in [0, 0.05) is 6.61 Å². The Bertz CT molecular complexity index is 274. The molecule has 0 bridgehead atoms. The molecule has 6 heteroatoms. The maximum Gasteiger partial charge on any atom is 0.326 e. The van der Waals surface area contributed by atoms with Gasteiger partial charge in [0.05, 0.1) is 6.61 Å². The minimum Gasteiger partial charge on any atom is -0.480 e. The lowest BCUT2D eigenvalue weighted by Crippen LogP contribution is -2.57. The van der Waals surface area contributed by atoms with Crippen molar-refractivity contribution in [3.8, 4) is 0 Å². The van der Waals surface area contributed by atoms with E-state index < -0.39 is 23.5 Å². The minimum absolute atomic E-state index is 0.150. The highest BCUT2D eigenvalue weighted by molar-refractivity contribution is 5.90. The molecule has 92 valence electrons. The van der Waals surface area contributed by atoms with Crippen LogP contribution >= 0.6 is 0 Å². The van der Waals surface area contributed by atoms with Crippen molar-refractivity contribution in [3.05, 3.63) is 0 Å². The fourth-order valence-corrected chi connectivity index (χ4v) is 1.61. The first-order valence-corrected chi connectivity index (χ1v) is 5.40. The molecule has 2 atom stereocenters. The molecule has 1 rings (SSSR count). The second-order valence-electron chi connectivity index (χ2n) is 4.11. The van der Waals surface area contributed by atoms with Crippen molar-refractivity contribution < 1.29 is 19.4 Å². The predicted molar refractivity (Wildman–Crippen MR) is 56.8 cm³/mol. The van der Waals surface area contributed by atoms with E-state index in [-0.39, 0.29) is 6.61 Å². The topological polar surface area (TPSA) is 102 Å². The third-order valence-electron chi connectivity index (χ3n) is 2.69. The zero-order chi connectivity index (χ0) is 12.2. The van der Waals surface area contributed by atoms with Gasteiger partial charge in [-0.25, -0.2) is 4.79 Å². The molecule has 1 saturated heterocycles. The number of rotatable bonds is 5. The Balaban J connectivity index is 2.57. The summed E-state index contributed by atoms with van der Waals surface area (Å²) in [5.41, 5.74) is 4.75. The summed E-state index contributed by atoms with van der Waals surface area (Å²) in [6.07, 6.45) is 1.51. The Hall–Kier alpha value is -1.14. The number of aliphatic carboxylic acids is 1. The van der Waals surface area contributed by atoms with Crippen molar-refractivity contribution in [1.82, 2.24) is 5.32 Å². The van der Waals surface area contributed by atoms with Crippen LogP contribution in [-0.2, 0) is 14.3 Å². The number of amides is 1. The van der Waals surface area contributed by atoms with E-state index >= 15 is 0 Å². The van der Waals surface area contributed by atoms with Gasteiger partial charge in [-0.2, -0.15) is 0 Å². The van der Waals surface area contributed by atoms with Crippen LogP contribution in [-0.4, -0.2) is 41.8 Å². The van der Waals surface area contributed by atoms with E-state index in [1.807, 2.05) is 6.92 Å². The molecule has 0 aromatic carbocycles. The third kappa shape index (κ3) is 2.93. The molecule has 0 aromatic rings. The van der Waals surface area contributed by atoms with Crippen LogP contribution in [0.15, 0.2) is 0 Å². The van der Waals surface area contributed by atoms with Gasteiger partial charge in [-0.3, -0.25) is 4.79 Å². The molecule has 0 radical (unpaired) electrons. The highest BCUT2D eigenvalue weighted by Crippen LogP contribution is 2.16. The van der Waals surface area contributed by atoms with Crippen molar-refractivity contribution in [2.45, 2.75) is 37.8 Å². The highest BCUT2D eigenvalue weighted by Gasteiger charge is 2.39. The quantitative estimate of drug-likeness (QED) is 0.589. The van der Waals surface area contributed by atoms with Crippen LogP contribution in [0.25, 0.3) is 0 Å². The van der Waals surface area contributed by atoms with Gasteiger partial charge in [-0.05, 0) is 12.8 Å². The van der Waals surface area contributed by atoms with Crippen LogP contribution in [0.2, 0.25) is 0 Å². The zero-order valence-electron chi connectivity index (χ0n) is 9.36. The number of hydrogen-bond acceptors (Lipinski definition) is 4. The molecule has 0 aliphatic carbocycles.